The fourth-order valence-corrected chi connectivity index (χ4v) is 2.33. The average Bonchev–Trinajstić information content (AvgIpc) is 2.48. The van der Waals surface area contributed by atoms with Crippen molar-refractivity contribution in [1.82, 2.24) is 15.1 Å². The van der Waals surface area contributed by atoms with Crippen molar-refractivity contribution in [2.75, 3.05) is 39.3 Å². The van der Waals surface area contributed by atoms with Crippen molar-refractivity contribution in [2.45, 2.75) is 13.5 Å². The van der Waals surface area contributed by atoms with Gasteiger partial charge in [0.05, 0.1) is 6.54 Å². The monoisotopic (exact) mass is 261 g/mol. The van der Waals surface area contributed by atoms with E-state index in [1.807, 2.05) is 23.1 Å². The molecule has 0 spiro atoms. The van der Waals surface area contributed by atoms with Gasteiger partial charge in [-0.05, 0) is 12.1 Å². The zero-order chi connectivity index (χ0) is 13.5. The van der Waals surface area contributed by atoms with Gasteiger partial charge in [0.2, 0.25) is 5.91 Å². The van der Waals surface area contributed by atoms with Gasteiger partial charge < -0.3 is 10.2 Å². The maximum atomic E-state index is 12.2. The van der Waals surface area contributed by atoms with Gasteiger partial charge in [0, 0.05) is 32.7 Å². The summed E-state index contributed by atoms with van der Waals surface area (Å²) in [6.07, 6.45) is 0. The zero-order valence-electron chi connectivity index (χ0n) is 11.6. The highest BCUT2D eigenvalue weighted by Gasteiger charge is 2.18. The smallest absolute Gasteiger partial charge is 0.236 e. The van der Waals surface area contributed by atoms with Crippen molar-refractivity contribution in [3.8, 4) is 0 Å². The molecule has 1 fully saturated rings. The van der Waals surface area contributed by atoms with Gasteiger partial charge >= 0.3 is 0 Å². The van der Waals surface area contributed by atoms with Gasteiger partial charge in [-0.2, -0.15) is 0 Å². The Bertz CT molecular complexity index is 388. The summed E-state index contributed by atoms with van der Waals surface area (Å²) in [5.74, 6) is 0.249. The second-order valence-corrected chi connectivity index (χ2v) is 4.92. The summed E-state index contributed by atoms with van der Waals surface area (Å²) in [6.45, 7) is 7.86. The molecule has 0 radical (unpaired) electrons. The number of benzene rings is 1. The number of carbonyl (C=O) groups excluding carboxylic acids is 1. The molecule has 0 aromatic heterocycles. The van der Waals surface area contributed by atoms with Crippen LogP contribution >= 0.6 is 0 Å². The molecule has 1 aliphatic heterocycles. The van der Waals surface area contributed by atoms with Crippen LogP contribution in [0.15, 0.2) is 30.3 Å². The van der Waals surface area contributed by atoms with Crippen LogP contribution in [0.4, 0.5) is 0 Å². The summed E-state index contributed by atoms with van der Waals surface area (Å²) in [4.78, 5) is 16.4. The minimum atomic E-state index is 0.249. The lowest BCUT2D eigenvalue weighted by Crippen LogP contribution is -2.49. The Morgan fingerprint density at radius 1 is 1.26 bits per heavy atom. The Kier molecular flexibility index (Phi) is 5.36. The molecule has 1 aromatic carbocycles. The van der Waals surface area contributed by atoms with Crippen molar-refractivity contribution < 1.29 is 4.79 Å². The highest BCUT2D eigenvalue weighted by atomic mass is 16.2. The van der Waals surface area contributed by atoms with Crippen LogP contribution in [-0.4, -0.2) is 55.0 Å². The average molecular weight is 261 g/mol. The van der Waals surface area contributed by atoms with E-state index in [1.54, 1.807) is 0 Å². The first kappa shape index (κ1) is 14.0. The van der Waals surface area contributed by atoms with Gasteiger partial charge in [-0.3, -0.25) is 9.69 Å². The molecule has 2 rings (SSSR count). The van der Waals surface area contributed by atoms with Crippen LogP contribution in [0.2, 0.25) is 0 Å². The van der Waals surface area contributed by atoms with E-state index in [1.165, 1.54) is 5.56 Å². The lowest BCUT2D eigenvalue weighted by molar-refractivity contribution is -0.133. The van der Waals surface area contributed by atoms with Crippen molar-refractivity contribution >= 4 is 5.91 Å². The molecule has 0 unspecified atom stereocenters. The maximum Gasteiger partial charge on any atom is 0.236 e. The van der Waals surface area contributed by atoms with Gasteiger partial charge in [-0.25, -0.2) is 0 Å². The van der Waals surface area contributed by atoms with Gasteiger partial charge in [0.15, 0.2) is 0 Å². The number of piperazine rings is 1. The van der Waals surface area contributed by atoms with Crippen LogP contribution in [0.25, 0.3) is 0 Å². The zero-order valence-corrected chi connectivity index (χ0v) is 11.6. The van der Waals surface area contributed by atoms with Crippen molar-refractivity contribution in [2.24, 2.45) is 0 Å². The van der Waals surface area contributed by atoms with Gasteiger partial charge in [0.25, 0.3) is 0 Å². The standard InChI is InChI=1S/C15H23N3O/c1-2-17(12-14-6-4-3-5-7-14)13-15(19)18-10-8-16-9-11-18/h3-7,16H,2,8-13H2,1H3. The third-order valence-corrected chi connectivity index (χ3v) is 3.52. The highest BCUT2D eigenvalue weighted by molar-refractivity contribution is 5.78. The van der Waals surface area contributed by atoms with Gasteiger partial charge in [-0.15, -0.1) is 0 Å². The van der Waals surface area contributed by atoms with Crippen LogP contribution in [0.1, 0.15) is 12.5 Å². The molecule has 1 N–H and O–H groups in total. The molecule has 19 heavy (non-hydrogen) atoms. The fourth-order valence-electron chi connectivity index (χ4n) is 2.33. The summed E-state index contributed by atoms with van der Waals surface area (Å²) in [5.41, 5.74) is 1.26. The third-order valence-electron chi connectivity index (χ3n) is 3.52. The number of amides is 1. The molecule has 1 aromatic rings. The van der Waals surface area contributed by atoms with E-state index in [0.29, 0.717) is 6.54 Å². The van der Waals surface area contributed by atoms with Crippen molar-refractivity contribution in [3.05, 3.63) is 35.9 Å². The molecule has 1 heterocycles. The van der Waals surface area contributed by atoms with E-state index in [-0.39, 0.29) is 5.91 Å². The minimum Gasteiger partial charge on any atom is -0.339 e. The number of likely N-dealkylation sites (N-methyl/N-ethyl adjacent to an activating group) is 1. The third kappa shape index (κ3) is 4.33. The first-order chi connectivity index (χ1) is 9.29. The van der Waals surface area contributed by atoms with Crippen LogP contribution in [0.5, 0.6) is 0 Å². The Balaban J connectivity index is 1.86. The SMILES string of the molecule is CCN(CC(=O)N1CCNCC1)Cc1ccccc1. The number of nitrogens with zero attached hydrogens (tertiary/aromatic N) is 2. The normalized spacial score (nSPS) is 15.8. The lowest BCUT2D eigenvalue weighted by atomic mass is 10.2. The summed E-state index contributed by atoms with van der Waals surface area (Å²) < 4.78 is 0. The van der Waals surface area contributed by atoms with E-state index in [9.17, 15) is 4.79 Å². The van der Waals surface area contributed by atoms with Gasteiger partial charge in [-0.1, -0.05) is 37.3 Å². The van der Waals surface area contributed by atoms with E-state index in [0.717, 1.165) is 39.3 Å². The molecule has 0 saturated carbocycles. The predicted molar refractivity (Wildman–Crippen MR) is 76.8 cm³/mol. The Morgan fingerprint density at radius 3 is 2.58 bits per heavy atom. The summed E-state index contributed by atoms with van der Waals surface area (Å²) in [5, 5.41) is 3.27. The van der Waals surface area contributed by atoms with Crippen LogP contribution in [0, 0.1) is 0 Å². The second kappa shape index (κ2) is 7.26. The molecule has 0 bridgehead atoms. The highest BCUT2D eigenvalue weighted by Crippen LogP contribution is 2.05. The Hall–Kier alpha value is -1.39. The summed E-state index contributed by atoms with van der Waals surface area (Å²) in [7, 11) is 0. The molecule has 104 valence electrons. The quantitative estimate of drug-likeness (QED) is 0.857. The first-order valence-electron chi connectivity index (χ1n) is 7.04. The number of hydrogen-bond donors (Lipinski definition) is 1. The fraction of sp³-hybridized carbons (Fsp3) is 0.533. The Labute approximate surface area is 115 Å². The minimum absolute atomic E-state index is 0.249. The molecule has 4 heteroatoms. The molecule has 4 nitrogen and oxygen atoms in total. The maximum absolute atomic E-state index is 12.2. The summed E-state index contributed by atoms with van der Waals surface area (Å²) in [6, 6.07) is 10.3. The summed E-state index contributed by atoms with van der Waals surface area (Å²) >= 11 is 0. The molecule has 1 saturated heterocycles. The largest absolute Gasteiger partial charge is 0.339 e. The van der Waals surface area contributed by atoms with E-state index < -0.39 is 0 Å². The molecular weight excluding hydrogens is 238 g/mol. The van der Waals surface area contributed by atoms with Crippen LogP contribution in [-0.2, 0) is 11.3 Å². The Morgan fingerprint density at radius 2 is 1.95 bits per heavy atom. The molecule has 0 aliphatic carbocycles. The second-order valence-electron chi connectivity index (χ2n) is 4.92. The lowest BCUT2D eigenvalue weighted by Gasteiger charge is -2.30. The van der Waals surface area contributed by atoms with Crippen LogP contribution in [0.3, 0.4) is 0 Å². The molecule has 1 aliphatic rings. The first-order valence-corrected chi connectivity index (χ1v) is 7.04. The molecular formula is C15H23N3O. The topological polar surface area (TPSA) is 35.6 Å². The van der Waals surface area contributed by atoms with Crippen molar-refractivity contribution in [1.29, 1.82) is 0 Å². The molecule has 1 amide bonds. The number of rotatable bonds is 5. The molecule has 0 atom stereocenters. The number of nitrogens with one attached hydrogen (secondary N) is 1. The number of carbonyl (C=O) groups is 1. The van der Waals surface area contributed by atoms with E-state index in [4.69, 9.17) is 0 Å². The number of hydrogen-bond acceptors (Lipinski definition) is 3. The van der Waals surface area contributed by atoms with Crippen molar-refractivity contribution in [3.63, 3.8) is 0 Å². The predicted octanol–water partition coefficient (Wildman–Crippen LogP) is 0.940. The van der Waals surface area contributed by atoms with Gasteiger partial charge in [0.1, 0.15) is 0 Å². The van der Waals surface area contributed by atoms with E-state index in [2.05, 4.69) is 29.3 Å². The van der Waals surface area contributed by atoms with E-state index >= 15 is 0 Å². The van der Waals surface area contributed by atoms with Crippen LogP contribution < -0.4 is 5.32 Å².